The number of rotatable bonds is 6. The number of hydrogen-bond acceptors (Lipinski definition) is 4. The minimum Gasteiger partial charge on any atom is -0.334 e. The maximum atomic E-state index is 13.3. The van der Waals surface area contributed by atoms with Crippen LogP contribution >= 0.6 is 0 Å². The Balaban J connectivity index is 1.56. The number of aromatic nitrogens is 2. The smallest absolute Gasteiger partial charge is 0.322 e. The average Bonchev–Trinajstić information content (AvgIpc) is 3.36. The molecule has 2 heterocycles. The van der Waals surface area contributed by atoms with Crippen molar-refractivity contribution < 1.29 is 9.32 Å². The first-order chi connectivity index (χ1) is 17.4. The Labute approximate surface area is 211 Å². The van der Waals surface area contributed by atoms with E-state index in [1.165, 1.54) is 11.1 Å². The minimum absolute atomic E-state index is 0.131. The summed E-state index contributed by atoms with van der Waals surface area (Å²) in [5.41, 5.74) is 8.18. The summed E-state index contributed by atoms with van der Waals surface area (Å²) >= 11 is 0. The Bertz CT molecular complexity index is 1440. The van der Waals surface area contributed by atoms with Gasteiger partial charge in [-0.05, 0) is 62.4 Å². The van der Waals surface area contributed by atoms with Gasteiger partial charge in [-0.1, -0.05) is 77.5 Å². The Morgan fingerprint density at radius 3 is 2.47 bits per heavy atom. The number of amides is 2. The fourth-order valence-corrected chi connectivity index (χ4v) is 4.64. The van der Waals surface area contributed by atoms with Gasteiger partial charge in [0.25, 0.3) is 5.89 Å². The first-order valence-electron chi connectivity index (χ1n) is 12.2. The van der Waals surface area contributed by atoms with E-state index in [0.717, 1.165) is 39.9 Å². The summed E-state index contributed by atoms with van der Waals surface area (Å²) in [5, 5.41) is 7.49. The molecular weight excluding hydrogens is 448 g/mol. The van der Waals surface area contributed by atoms with Crippen LogP contribution in [0.4, 0.5) is 4.79 Å². The van der Waals surface area contributed by atoms with E-state index >= 15 is 0 Å². The van der Waals surface area contributed by atoms with Crippen molar-refractivity contribution in [2.75, 3.05) is 6.54 Å². The lowest BCUT2D eigenvalue weighted by atomic mass is 9.92. The van der Waals surface area contributed by atoms with Gasteiger partial charge in [0.1, 0.15) is 0 Å². The van der Waals surface area contributed by atoms with Gasteiger partial charge in [-0.3, -0.25) is 4.90 Å². The van der Waals surface area contributed by atoms with Crippen LogP contribution in [-0.2, 0) is 6.42 Å². The zero-order valence-corrected chi connectivity index (χ0v) is 21.1. The van der Waals surface area contributed by atoms with E-state index < -0.39 is 6.04 Å². The molecule has 182 valence electrons. The van der Waals surface area contributed by atoms with Gasteiger partial charge < -0.3 is 9.84 Å². The number of benzene rings is 3. The molecule has 1 aliphatic heterocycles. The molecule has 1 aromatic heterocycles. The molecule has 0 radical (unpaired) electrons. The second kappa shape index (κ2) is 9.82. The van der Waals surface area contributed by atoms with E-state index in [0.29, 0.717) is 18.3 Å². The van der Waals surface area contributed by atoms with Gasteiger partial charge in [0.15, 0.2) is 0 Å². The van der Waals surface area contributed by atoms with E-state index in [4.69, 9.17) is 9.51 Å². The molecule has 2 amide bonds. The molecule has 0 bridgehead atoms. The number of carbonyl (C=O) groups excluding carboxylic acids is 1. The van der Waals surface area contributed by atoms with Crippen molar-refractivity contribution in [2.45, 2.75) is 40.2 Å². The van der Waals surface area contributed by atoms with Crippen LogP contribution in [0.15, 0.2) is 83.0 Å². The lowest BCUT2D eigenvalue weighted by Gasteiger charge is -2.35. The molecular formula is C30H30N4O2. The van der Waals surface area contributed by atoms with Gasteiger partial charge in [0.2, 0.25) is 5.82 Å². The maximum Gasteiger partial charge on any atom is 0.322 e. The molecule has 6 nitrogen and oxygen atoms in total. The molecule has 6 heteroatoms. The Hall–Kier alpha value is -4.19. The second-order valence-electron chi connectivity index (χ2n) is 9.41. The van der Waals surface area contributed by atoms with Crippen LogP contribution < -0.4 is 5.32 Å². The van der Waals surface area contributed by atoms with Crippen LogP contribution in [0.25, 0.3) is 17.0 Å². The number of allylic oxidation sites excluding steroid dienone is 1. The molecule has 0 aliphatic carbocycles. The van der Waals surface area contributed by atoms with Crippen LogP contribution in [0.3, 0.4) is 0 Å². The van der Waals surface area contributed by atoms with Crippen LogP contribution in [0, 0.1) is 20.8 Å². The third kappa shape index (κ3) is 4.67. The van der Waals surface area contributed by atoms with E-state index in [-0.39, 0.29) is 6.03 Å². The van der Waals surface area contributed by atoms with Crippen LogP contribution in [0.1, 0.15) is 46.7 Å². The standard InChI is InChI=1S/C30H30N4O2/c1-19-9-8-12-25(17-19)28-32-29(36-33-28)26-22(4)34(16-15-23-10-6-5-7-11-23)30(35)31-27(26)24-14-13-20(2)21(3)18-24/h5-14,17-18,27H,15-16H2,1-4H3,(H,31,35). The summed E-state index contributed by atoms with van der Waals surface area (Å²) in [7, 11) is 0. The molecule has 0 saturated heterocycles. The van der Waals surface area contributed by atoms with E-state index in [9.17, 15) is 4.79 Å². The van der Waals surface area contributed by atoms with Gasteiger partial charge >= 0.3 is 6.03 Å². The SMILES string of the molecule is CC1=C(c2nc(-c3cccc(C)c3)no2)C(c2ccc(C)c(C)c2)NC(=O)N1CCc1ccccc1. The molecule has 1 atom stereocenters. The van der Waals surface area contributed by atoms with Crippen molar-refractivity contribution in [1.29, 1.82) is 0 Å². The van der Waals surface area contributed by atoms with Crippen molar-refractivity contribution in [3.05, 3.63) is 112 Å². The van der Waals surface area contributed by atoms with Crippen LogP contribution in [-0.4, -0.2) is 27.6 Å². The Morgan fingerprint density at radius 2 is 1.72 bits per heavy atom. The van der Waals surface area contributed by atoms with Crippen LogP contribution in [0.5, 0.6) is 0 Å². The minimum atomic E-state index is -0.393. The zero-order valence-electron chi connectivity index (χ0n) is 21.1. The summed E-state index contributed by atoms with van der Waals surface area (Å²) in [6.07, 6.45) is 0.742. The topological polar surface area (TPSA) is 71.3 Å². The summed E-state index contributed by atoms with van der Waals surface area (Å²) in [6.45, 7) is 8.70. The lowest BCUT2D eigenvalue weighted by Crippen LogP contribution is -2.46. The predicted molar refractivity (Wildman–Crippen MR) is 141 cm³/mol. The average molecular weight is 479 g/mol. The number of hydrogen-bond donors (Lipinski definition) is 1. The fraction of sp³-hybridized carbons (Fsp3) is 0.233. The van der Waals surface area contributed by atoms with Gasteiger partial charge in [-0.2, -0.15) is 4.98 Å². The summed E-state index contributed by atoms with van der Waals surface area (Å²) in [4.78, 5) is 19.9. The quantitative estimate of drug-likeness (QED) is 0.348. The van der Waals surface area contributed by atoms with E-state index in [1.54, 1.807) is 4.90 Å². The first kappa shape index (κ1) is 23.5. The predicted octanol–water partition coefficient (Wildman–Crippen LogP) is 6.40. The zero-order chi connectivity index (χ0) is 25.2. The molecule has 4 aromatic rings. The highest BCUT2D eigenvalue weighted by Crippen LogP contribution is 2.38. The molecule has 1 N–H and O–H groups in total. The molecule has 0 saturated carbocycles. The third-order valence-corrected chi connectivity index (χ3v) is 6.86. The van der Waals surface area contributed by atoms with E-state index in [1.807, 2.05) is 56.3 Å². The normalized spacial score (nSPS) is 15.8. The second-order valence-corrected chi connectivity index (χ2v) is 9.41. The van der Waals surface area contributed by atoms with Gasteiger partial charge in [-0.15, -0.1) is 0 Å². The highest BCUT2D eigenvalue weighted by Gasteiger charge is 2.35. The lowest BCUT2D eigenvalue weighted by molar-refractivity contribution is 0.205. The fourth-order valence-electron chi connectivity index (χ4n) is 4.64. The van der Waals surface area contributed by atoms with E-state index in [2.05, 4.69) is 54.7 Å². The molecule has 1 unspecified atom stereocenters. The number of carbonyl (C=O) groups is 1. The van der Waals surface area contributed by atoms with Crippen LogP contribution in [0.2, 0.25) is 0 Å². The van der Waals surface area contributed by atoms with Crippen molar-refractivity contribution in [3.8, 4) is 11.4 Å². The number of aryl methyl sites for hydroxylation is 3. The molecule has 36 heavy (non-hydrogen) atoms. The summed E-state index contributed by atoms with van der Waals surface area (Å²) in [5.74, 6) is 0.942. The molecule has 0 spiro atoms. The summed E-state index contributed by atoms with van der Waals surface area (Å²) in [6, 6.07) is 23.9. The molecule has 3 aromatic carbocycles. The van der Waals surface area contributed by atoms with Crippen molar-refractivity contribution in [1.82, 2.24) is 20.4 Å². The molecule has 1 aliphatic rings. The number of nitrogens with zero attached hydrogens (tertiary/aromatic N) is 3. The molecule has 0 fully saturated rings. The van der Waals surface area contributed by atoms with Crippen molar-refractivity contribution in [2.24, 2.45) is 0 Å². The first-order valence-corrected chi connectivity index (χ1v) is 12.2. The highest BCUT2D eigenvalue weighted by molar-refractivity contribution is 5.87. The van der Waals surface area contributed by atoms with Gasteiger partial charge in [0.05, 0.1) is 11.6 Å². The number of urea groups is 1. The Morgan fingerprint density at radius 1 is 0.917 bits per heavy atom. The number of nitrogens with one attached hydrogen (secondary N) is 1. The maximum absolute atomic E-state index is 13.3. The van der Waals surface area contributed by atoms with Gasteiger partial charge in [-0.25, -0.2) is 4.79 Å². The molecule has 5 rings (SSSR count). The van der Waals surface area contributed by atoms with Gasteiger partial charge in [0, 0.05) is 17.8 Å². The largest absolute Gasteiger partial charge is 0.334 e. The van der Waals surface area contributed by atoms with Crippen molar-refractivity contribution in [3.63, 3.8) is 0 Å². The van der Waals surface area contributed by atoms with Crippen molar-refractivity contribution >= 4 is 11.6 Å². The highest BCUT2D eigenvalue weighted by atomic mass is 16.5. The Kier molecular flexibility index (Phi) is 6.42. The third-order valence-electron chi connectivity index (χ3n) is 6.86. The monoisotopic (exact) mass is 478 g/mol. The summed E-state index contributed by atoms with van der Waals surface area (Å²) < 4.78 is 5.82.